The smallest absolute Gasteiger partial charge is 0.225 e. The number of thioether (sulfide) groups is 1. The molecule has 1 aromatic heterocycles. The predicted octanol–water partition coefficient (Wildman–Crippen LogP) is 0.939. The lowest BCUT2D eigenvalue weighted by atomic mass is 9.62. The Kier molecular flexibility index (Phi) is 2.11. The van der Waals surface area contributed by atoms with E-state index >= 15 is 0 Å². The van der Waals surface area contributed by atoms with Crippen LogP contribution in [-0.2, 0) is 16.0 Å². The van der Waals surface area contributed by atoms with Crippen molar-refractivity contribution in [2.45, 2.75) is 36.5 Å². The van der Waals surface area contributed by atoms with Crippen molar-refractivity contribution < 1.29 is 14.3 Å². The Labute approximate surface area is 147 Å². The Hall–Kier alpha value is -1.83. The van der Waals surface area contributed by atoms with E-state index < -0.39 is 0 Å². The summed E-state index contributed by atoms with van der Waals surface area (Å²) >= 11 is 1.69. The van der Waals surface area contributed by atoms with E-state index in [0.717, 1.165) is 41.1 Å². The van der Waals surface area contributed by atoms with Crippen LogP contribution in [0, 0.1) is 5.41 Å². The van der Waals surface area contributed by atoms with Crippen LogP contribution in [0.3, 0.4) is 0 Å². The van der Waals surface area contributed by atoms with Gasteiger partial charge in [-0.05, 0) is 30.1 Å². The summed E-state index contributed by atoms with van der Waals surface area (Å²) in [5.74, 6) is 0.130. The second-order valence-electron chi connectivity index (χ2n) is 7.67. The molecule has 6 nitrogen and oxygen atoms in total. The third-order valence-corrected chi connectivity index (χ3v) is 7.89. The van der Waals surface area contributed by atoms with Gasteiger partial charge in [0, 0.05) is 23.2 Å². The van der Waals surface area contributed by atoms with Crippen LogP contribution < -0.4 is 10.6 Å². The molecule has 2 fully saturated rings. The van der Waals surface area contributed by atoms with E-state index in [-0.39, 0.29) is 40.6 Å². The fourth-order valence-corrected chi connectivity index (χ4v) is 7.11. The average molecular weight is 353 g/mol. The number of hydrogen-bond donors (Lipinski definition) is 3. The van der Waals surface area contributed by atoms with Crippen molar-refractivity contribution in [1.82, 2.24) is 15.6 Å². The highest BCUT2D eigenvalue weighted by atomic mass is 32.2. The number of hydrogen-bond acceptors (Lipinski definition) is 6. The highest BCUT2D eigenvalue weighted by molar-refractivity contribution is 8.04. The summed E-state index contributed by atoms with van der Waals surface area (Å²) in [6.07, 6.45) is 5.15. The minimum atomic E-state index is -0.319. The topological polar surface area (TPSA) is 86.5 Å². The number of nitrogens with one attached hydrogen (secondary N) is 3. The van der Waals surface area contributed by atoms with Gasteiger partial charge >= 0.3 is 0 Å². The van der Waals surface area contributed by atoms with Crippen molar-refractivity contribution in [3.05, 3.63) is 45.3 Å². The first-order valence-electron chi connectivity index (χ1n) is 8.76. The maximum absolute atomic E-state index is 13.2. The molecule has 0 amide bonds. The number of carbonyl (C=O) groups excluding carboxylic acids is 2. The second-order valence-corrected chi connectivity index (χ2v) is 8.92. The van der Waals surface area contributed by atoms with Crippen LogP contribution in [0.4, 0.5) is 0 Å². The number of epoxide rings is 1. The molecule has 5 heterocycles. The van der Waals surface area contributed by atoms with Crippen LogP contribution in [0.2, 0.25) is 0 Å². The molecule has 2 saturated heterocycles. The predicted molar refractivity (Wildman–Crippen MR) is 89.9 cm³/mol. The third kappa shape index (κ3) is 1.34. The van der Waals surface area contributed by atoms with Crippen molar-refractivity contribution in [3.8, 4) is 0 Å². The lowest BCUT2D eigenvalue weighted by Crippen LogP contribution is -2.50. The molecule has 2 bridgehead atoms. The fraction of sp³-hybridized carbons (Fsp3) is 0.444. The number of Topliss-reactive ketones (excluding diaryl/α,β-unsaturated/α-hetero) is 1. The lowest BCUT2D eigenvalue weighted by Gasteiger charge is -2.44. The molecular weight excluding hydrogens is 338 g/mol. The molecule has 5 unspecified atom stereocenters. The second kappa shape index (κ2) is 3.95. The summed E-state index contributed by atoms with van der Waals surface area (Å²) in [7, 11) is 0. The zero-order chi connectivity index (χ0) is 16.5. The summed E-state index contributed by atoms with van der Waals surface area (Å²) in [6.45, 7) is 0.888. The van der Waals surface area contributed by atoms with Crippen LogP contribution in [0.5, 0.6) is 0 Å². The molecular formula is C18H15N3O3S. The van der Waals surface area contributed by atoms with Crippen molar-refractivity contribution in [2.75, 3.05) is 6.54 Å². The molecule has 25 heavy (non-hydrogen) atoms. The van der Waals surface area contributed by atoms with Crippen LogP contribution >= 0.6 is 11.8 Å². The number of aromatic nitrogens is 1. The van der Waals surface area contributed by atoms with E-state index in [9.17, 15) is 9.59 Å². The van der Waals surface area contributed by atoms with E-state index in [4.69, 9.17) is 4.74 Å². The number of aromatic amines is 1. The Morgan fingerprint density at radius 2 is 2.24 bits per heavy atom. The highest BCUT2D eigenvalue weighted by Gasteiger charge is 2.70. The fourth-order valence-electron chi connectivity index (χ4n) is 5.58. The Balaban J connectivity index is 1.54. The summed E-state index contributed by atoms with van der Waals surface area (Å²) in [6, 6.07) is 0.0197. The number of ketones is 2. The van der Waals surface area contributed by atoms with E-state index in [1.807, 2.05) is 6.20 Å². The number of rotatable bonds is 0. The van der Waals surface area contributed by atoms with E-state index in [2.05, 4.69) is 15.6 Å². The third-order valence-electron chi connectivity index (χ3n) is 6.58. The molecule has 0 saturated carbocycles. The van der Waals surface area contributed by atoms with Gasteiger partial charge in [0.2, 0.25) is 5.78 Å². The maximum Gasteiger partial charge on any atom is 0.225 e. The molecule has 6 aliphatic rings. The molecule has 7 rings (SSSR count). The van der Waals surface area contributed by atoms with Crippen molar-refractivity contribution in [1.29, 1.82) is 0 Å². The van der Waals surface area contributed by atoms with Crippen LogP contribution in [0.25, 0.3) is 0 Å². The standard InChI is InChI=1S/C18H15N3O3S/c22-7-3-8-18(17-16(7)24-17)4-9(25-8)21-14-11(18)12-10-6(1-2-19-12)5-20-13(10)15(14)23/h3,5,9,12,16-17,19-21H,1-2,4H2. The van der Waals surface area contributed by atoms with Crippen molar-refractivity contribution in [2.24, 2.45) is 5.41 Å². The molecule has 5 atom stereocenters. The van der Waals surface area contributed by atoms with Crippen LogP contribution in [0.1, 0.15) is 34.1 Å². The van der Waals surface area contributed by atoms with Crippen molar-refractivity contribution >= 4 is 23.3 Å². The van der Waals surface area contributed by atoms with Crippen LogP contribution in [-0.4, -0.2) is 40.7 Å². The van der Waals surface area contributed by atoms with E-state index in [0.29, 0.717) is 5.69 Å². The van der Waals surface area contributed by atoms with Crippen LogP contribution in [0.15, 0.2) is 28.4 Å². The molecule has 0 radical (unpaired) electrons. The van der Waals surface area contributed by atoms with Gasteiger partial charge in [-0.2, -0.15) is 0 Å². The summed E-state index contributed by atoms with van der Waals surface area (Å²) in [5.41, 5.74) is 4.56. The van der Waals surface area contributed by atoms with Gasteiger partial charge in [0.1, 0.15) is 12.2 Å². The molecule has 0 aromatic carbocycles. The van der Waals surface area contributed by atoms with Gasteiger partial charge in [-0.3, -0.25) is 9.59 Å². The van der Waals surface area contributed by atoms with Gasteiger partial charge in [0.05, 0.1) is 28.2 Å². The number of H-pyrrole nitrogens is 1. The average Bonchev–Trinajstić information content (AvgIpc) is 3.23. The molecule has 3 N–H and O–H groups in total. The minimum absolute atomic E-state index is 0.0197. The first-order chi connectivity index (χ1) is 12.2. The van der Waals surface area contributed by atoms with Gasteiger partial charge in [0.25, 0.3) is 0 Å². The number of allylic oxidation sites excluding steroid dienone is 1. The number of carbonyl (C=O) groups is 2. The van der Waals surface area contributed by atoms with Gasteiger partial charge in [0.15, 0.2) is 5.78 Å². The summed E-state index contributed by atoms with van der Waals surface area (Å²) in [4.78, 5) is 29.7. The minimum Gasteiger partial charge on any atom is -0.370 e. The maximum atomic E-state index is 13.2. The SMILES string of the molecule is O=C1C2=C(C3NCCc4c[nH]c1c43)C13CC(N2)SC1=CC(=O)C1OC13. The first kappa shape index (κ1) is 13.4. The summed E-state index contributed by atoms with van der Waals surface area (Å²) < 4.78 is 5.85. The molecule has 7 heteroatoms. The largest absolute Gasteiger partial charge is 0.370 e. The monoisotopic (exact) mass is 353 g/mol. The first-order valence-corrected chi connectivity index (χ1v) is 9.64. The number of ether oxygens (including phenoxy) is 1. The zero-order valence-corrected chi connectivity index (χ0v) is 14.0. The number of fused-ring (bicyclic) bond motifs is 3. The van der Waals surface area contributed by atoms with Gasteiger partial charge in [-0.1, -0.05) is 0 Å². The van der Waals surface area contributed by atoms with Gasteiger partial charge in [-0.25, -0.2) is 0 Å². The van der Waals surface area contributed by atoms with Crippen molar-refractivity contribution in [3.63, 3.8) is 0 Å². The molecule has 126 valence electrons. The summed E-state index contributed by atoms with van der Waals surface area (Å²) in [5, 5.41) is 7.23. The van der Waals surface area contributed by atoms with Gasteiger partial charge in [-0.15, -0.1) is 11.8 Å². The molecule has 2 aliphatic carbocycles. The molecule has 1 spiro atoms. The Morgan fingerprint density at radius 1 is 1.32 bits per heavy atom. The quantitative estimate of drug-likeness (QED) is 0.602. The normalized spacial score (nSPS) is 42.2. The Morgan fingerprint density at radius 3 is 3.16 bits per heavy atom. The van der Waals surface area contributed by atoms with Gasteiger partial charge < -0.3 is 20.4 Å². The lowest BCUT2D eigenvalue weighted by molar-refractivity contribution is -0.115. The van der Waals surface area contributed by atoms with E-state index in [1.165, 1.54) is 5.56 Å². The Bertz CT molecular complexity index is 976. The molecule has 4 aliphatic heterocycles. The van der Waals surface area contributed by atoms with E-state index in [1.54, 1.807) is 17.8 Å². The highest BCUT2D eigenvalue weighted by Crippen LogP contribution is 2.68. The molecule has 1 aromatic rings. The zero-order valence-electron chi connectivity index (χ0n) is 13.2.